The van der Waals surface area contributed by atoms with Crippen molar-refractivity contribution in [2.24, 2.45) is 7.05 Å². The number of aromatic amines is 1. The first-order valence-electron chi connectivity index (χ1n) is 4.11. The molecule has 0 saturated carbocycles. The molecule has 14 heavy (non-hydrogen) atoms. The standard InChI is InChI=1S/C8H10N4OS/c1-4-5-6(11-12(4)2)7(13)10-8(9-5)14-3/h1-3H3,(H,9,10,13). The fraction of sp³-hybridized carbons (Fsp3) is 0.375. The zero-order valence-corrected chi connectivity index (χ0v) is 8.97. The van der Waals surface area contributed by atoms with Crippen LogP contribution in [-0.2, 0) is 7.05 Å². The van der Waals surface area contributed by atoms with Gasteiger partial charge in [-0.05, 0) is 13.2 Å². The summed E-state index contributed by atoms with van der Waals surface area (Å²) in [6, 6.07) is 0. The maximum atomic E-state index is 11.5. The summed E-state index contributed by atoms with van der Waals surface area (Å²) in [5.41, 5.74) is 1.81. The van der Waals surface area contributed by atoms with Crippen molar-refractivity contribution in [3.05, 3.63) is 16.0 Å². The molecule has 74 valence electrons. The molecule has 2 aromatic rings. The van der Waals surface area contributed by atoms with E-state index in [9.17, 15) is 4.79 Å². The molecule has 0 aliphatic rings. The molecule has 6 heteroatoms. The molecule has 0 spiro atoms. The molecule has 2 heterocycles. The van der Waals surface area contributed by atoms with Gasteiger partial charge >= 0.3 is 0 Å². The van der Waals surface area contributed by atoms with Gasteiger partial charge in [-0.15, -0.1) is 0 Å². The predicted molar refractivity (Wildman–Crippen MR) is 55.6 cm³/mol. The molecule has 0 aliphatic heterocycles. The van der Waals surface area contributed by atoms with Crippen LogP contribution in [0.25, 0.3) is 11.0 Å². The minimum Gasteiger partial charge on any atom is -0.300 e. The highest BCUT2D eigenvalue weighted by Crippen LogP contribution is 2.13. The van der Waals surface area contributed by atoms with Gasteiger partial charge in [-0.3, -0.25) is 14.5 Å². The van der Waals surface area contributed by atoms with Gasteiger partial charge in [0.15, 0.2) is 10.7 Å². The number of nitrogens with zero attached hydrogens (tertiary/aromatic N) is 3. The molecule has 0 saturated heterocycles. The van der Waals surface area contributed by atoms with E-state index >= 15 is 0 Å². The van der Waals surface area contributed by atoms with E-state index in [1.807, 2.05) is 13.2 Å². The molecule has 0 bridgehead atoms. The van der Waals surface area contributed by atoms with E-state index < -0.39 is 0 Å². The van der Waals surface area contributed by atoms with Crippen LogP contribution in [0, 0.1) is 6.92 Å². The smallest absolute Gasteiger partial charge is 0.279 e. The van der Waals surface area contributed by atoms with Crippen LogP contribution in [0.3, 0.4) is 0 Å². The fourth-order valence-corrected chi connectivity index (χ4v) is 1.64. The Balaban J connectivity index is 2.91. The Labute approximate surface area is 84.5 Å². The van der Waals surface area contributed by atoms with Crippen molar-refractivity contribution in [2.75, 3.05) is 6.26 Å². The minimum absolute atomic E-state index is 0.178. The third kappa shape index (κ3) is 1.22. The molecule has 1 N–H and O–H groups in total. The normalized spacial score (nSPS) is 11.1. The van der Waals surface area contributed by atoms with Gasteiger partial charge in [-0.1, -0.05) is 11.8 Å². The Hall–Kier alpha value is -1.30. The number of H-pyrrole nitrogens is 1. The van der Waals surface area contributed by atoms with Crippen molar-refractivity contribution in [3.8, 4) is 0 Å². The highest BCUT2D eigenvalue weighted by molar-refractivity contribution is 7.98. The number of thioether (sulfide) groups is 1. The lowest BCUT2D eigenvalue weighted by atomic mass is 10.4. The van der Waals surface area contributed by atoms with E-state index in [4.69, 9.17) is 0 Å². The first-order chi connectivity index (χ1) is 6.63. The van der Waals surface area contributed by atoms with Crippen molar-refractivity contribution in [3.63, 3.8) is 0 Å². The zero-order chi connectivity index (χ0) is 10.3. The van der Waals surface area contributed by atoms with Gasteiger partial charge in [0.1, 0.15) is 5.52 Å². The van der Waals surface area contributed by atoms with E-state index in [2.05, 4.69) is 15.1 Å². The second kappa shape index (κ2) is 3.13. The molecule has 5 nitrogen and oxygen atoms in total. The number of nitrogens with one attached hydrogen (secondary N) is 1. The van der Waals surface area contributed by atoms with E-state index in [0.29, 0.717) is 16.2 Å². The maximum absolute atomic E-state index is 11.5. The average Bonchev–Trinajstić information content (AvgIpc) is 2.45. The summed E-state index contributed by atoms with van der Waals surface area (Å²) in [7, 11) is 1.80. The Kier molecular flexibility index (Phi) is 2.07. The summed E-state index contributed by atoms with van der Waals surface area (Å²) in [5.74, 6) is 0. The molecule has 2 rings (SSSR count). The molecule has 0 aliphatic carbocycles. The monoisotopic (exact) mass is 210 g/mol. The van der Waals surface area contributed by atoms with E-state index in [1.54, 1.807) is 11.7 Å². The van der Waals surface area contributed by atoms with E-state index in [1.165, 1.54) is 11.8 Å². The van der Waals surface area contributed by atoms with Crippen LogP contribution in [0.2, 0.25) is 0 Å². The van der Waals surface area contributed by atoms with Crippen LogP contribution in [0.1, 0.15) is 5.69 Å². The van der Waals surface area contributed by atoms with Crippen LogP contribution in [-0.4, -0.2) is 26.0 Å². The van der Waals surface area contributed by atoms with Crippen LogP contribution < -0.4 is 5.56 Å². The summed E-state index contributed by atoms with van der Waals surface area (Å²) in [4.78, 5) is 18.5. The highest BCUT2D eigenvalue weighted by atomic mass is 32.2. The topological polar surface area (TPSA) is 63.6 Å². The van der Waals surface area contributed by atoms with Crippen molar-refractivity contribution in [1.29, 1.82) is 0 Å². The molecule has 0 unspecified atom stereocenters. The van der Waals surface area contributed by atoms with Crippen LogP contribution in [0.5, 0.6) is 0 Å². The van der Waals surface area contributed by atoms with Crippen molar-refractivity contribution in [2.45, 2.75) is 12.1 Å². The Morgan fingerprint density at radius 3 is 2.79 bits per heavy atom. The predicted octanol–water partition coefficient (Wildman–Crippen LogP) is 0.687. The van der Waals surface area contributed by atoms with Gasteiger partial charge in [-0.2, -0.15) is 5.10 Å². The van der Waals surface area contributed by atoms with E-state index in [-0.39, 0.29) is 5.56 Å². The lowest BCUT2D eigenvalue weighted by Crippen LogP contribution is -2.08. The van der Waals surface area contributed by atoms with Crippen LogP contribution >= 0.6 is 11.8 Å². The van der Waals surface area contributed by atoms with Gasteiger partial charge in [0, 0.05) is 7.05 Å². The maximum Gasteiger partial charge on any atom is 0.279 e. The highest BCUT2D eigenvalue weighted by Gasteiger charge is 2.10. The largest absolute Gasteiger partial charge is 0.300 e. The summed E-state index contributed by atoms with van der Waals surface area (Å²) in [6.07, 6.45) is 1.87. The zero-order valence-electron chi connectivity index (χ0n) is 8.16. The average molecular weight is 210 g/mol. The lowest BCUT2D eigenvalue weighted by molar-refractivity contribution is 0.749. The first-order valence-corrected chi connectivity index (χ1v) is 5.33. The minimum atomic E-state index is -0.178. The number of fused-ring (bicyclic) bond motifs is 1. The molecule has 0 aromatic carbocycles. The molecule has 0 fully saturated rings. The number of aryl methyl sites for hydroxylation is 2. The second-order valence-corrected chi connectivity index (χ2v) is 3.78. The molecular weight excluding hydrogens is 200 g/mol. The number of aromatic nitrogens is 4. The van der Waals surface area contributed by atoms with Crippen LogP contribution in [0.15, 0.2) is 9.95 Å². The number of hydrogen-bond acceptors (Lipinski definition) is 4. The molecule has 0 amide bonds. The number of rotatable bonds is 1. The van der Waals surface area contributed by atoms with Crippen molar-refractivity contribution >= 4 is 22.8 Å². The van der Waals surface area contributed by atoms with Gasteiger partial charge in [0.05, 0.1) is 5.69 Å². The Morgan fingerprint density at radius 2 is 2.14 bits per heavy atom. The van der Waals surface area contributed by atoms with Crippen molar-refractivity contribution in [1.82, 2.24) is 19.7 Å². The summed E-state index contributed by atoms with van der Waals surface area (Å²) in [5, 5.41) is 4.71. The number of hydrogen-bond donors (Lipinski definition) is 1. The summed E-state index contributed by atoms with van der Waals surface area (Å²) >= 11 is 1.41. The van der Waals surface area contributed by atoms with Gasteiger partial charge < -0.3 is 0 Å². The molecule has 0 atom stereocenters. The fourth-order valence-electron chi connectivity index (χ4n) is 1.27. The summed E-state index contributed by atoms with van der Waals surface area (Å²) in [6.45, 7) is 1.89. The molecule has 0 radical (unpaired) electrons. The molecule has 2 aromatic heterocycles. The SMILES string of the molecule is CSc1nc2c(C)n(C)nc2c(=O)[nH]1. The Morgan fingerprint density at radius 1 is 1.43 bits per heavy atom. The van der Waals surface area contributed by atoms with E-state index in [0.717, 1.165) is 5.69 Å². The first kappa shape index (κ1) is 9.26. The molecular formula is C8H10N4OS. The lowest BCUT2D eigenvalue weighted by Gasteiger charge is -1.94. The van der Waals surface area contributed by atoms with Crippen molar-refractivity contribution < 1.29 is 0 Å². The third-order valence-electron chi connectivity index (χ3n) is 2.14. The Bertz CT molecular complexity index is 542. The van der Waals surface area contributed by atoms with Crippen LogP contribution in [0.4, 0.5) is 0 Å². The quantitative estimate of drug-likeness (QED) is 0.555. The summed E-state index contributed by atoms with van der Waals surface area (Å²) < 4.78 is 1.66. The second-order valence-electron chi connectivity index (χ2n) is 2.98. The third-order valence-corrected chi connectivity index (χ3v) is 2.72. The van der Waals surface area contributed by atoms with Gasteiger partial charge in [-0.25, -0.2) is 4.98 Å². The van der Waals surface area contributed by atoms with Gasteiger partial charge in [0.25, 0.3) is 5.56 Å². The van der Waals surface area contributed by atoms with Gasteiger partial charge in [0.2, 0.25) is 0 Å².